The second-order valence-electron chi connectivity index (χ2n) is 4.59. The van der Waals surface area contributed by atoms with E-state index in [1.54, 1.807) is 0 Å². The highest BCUT2D eigenvalue weighted by Gasteiger charge is 2.36. The van der Waals surface area contributed by atoms with E-state index in [0.717, 1.165) is 19.0 Å². The molecule has 0 spiro atoms. The molecule has 2 rings (SSSR count). The first-order valence-electron chi connectivity index (χ1n) is 5.73. The number of hydrogen-bond acceptors (Lipinski definition) is 4. The fraction of sp³-hybridized carbons (Fsp3) is 0.600. The van der Waals surface area contributed by atoms with Gasteiger partial charge in [-0.2, -0.15) is 5.10 Å². The van der Waals surface area contributed by atoms with Crippen LogP contribution in [0.1, 0.15) is 19.3 Å². The molecule has 0 aliphatic heterocycles. The fourth-order valence-electron chi connectivity index (χ4n) is 1.84. The van der Waals surface area contributed by atoms with Gasteiger partial charge in [0.1, 0.15) is 10.0 Å². The van der Waals surface area contributed by atoms with E-state index in [0.29, 0.717) is 0 Å². The number of carbonyl (C=O) groups is 1. The zero-order chi connectivity index (χ0) is 14.2. The number of nitrogens with one attached hydrogen (secondary N) is 1. The van der Waals surface area contributed by atoms with Crippen LogP contribution in [0.15, 0.2) is 11.1 Å². The Morgan fingerprint density at radius 2 is 2.32 bits per heavy atom. The van der Waals surface area contributed by atoms with Gasteiger partial charge in [0.25, 0.3) is 0 Å². The first-order valence-corrected chi connectivity index (χ1v) is 7.59. The third kappa shape index (κ3) is 3.26. The number of halogens is 1. The van der Waals surface area contributed by atoms with Crippen molar-refractivity contribution in [2.45, 2.75) is 30.2 Å². The lowest BCUT2D eigenvalue weighted by Crippen LogP contribution is -2.38. The Morgan fingerprint density at radius 1 is 1.68 bits per heavy atom. The number of aliphatic carboxylic acids is 1. The lowest BCUT2D eigenvalue weighted by atomic mass is 10.1. The lowest BCUT2D eigenvalue weighted by molar-refractivity contribution is -0.137. The molecular formula is C10H14ClN3O4S. The van der Waals surface area contributed by atoms with Crippen molar-refractivity contribution in [3.63, 3.8) is 0 Å². The standard InChI is InChI=1S/C10H14ClN3O4S/c1-14-10(11)8(5-12-14)19(17,18)13-7(4-9(15)16)6-2-3-6/h5-7,13H,2-4H2,1H3,(H,15,16)/t7-/m0/s1. The minimum Gasteiger partial charge on any atom is -0.481 e. The zero-order valence-corrected chi connectivity index (χ0v) is 11.8. The van der Waals surface area contributed by atoms with Crippen molar-refractivity contribution in [2.24, 2.45) is 13.0 Å². The van der Waals surface area contributed by atoms with Crippen LogP contribution in [0.4, 0.5) is 0 Å². The van der Waals surface area contributed by atoms with Crippen molar-refractivity contribution < 1.29 is 18.3 Å². The van der Waals surface area contributed by atoms with Crippen molar-refractivity contribution in [2.75, 3.05) is 0 Å². The van der Waals surface area contributed by atoms with Crippen LogP contribution in [-0.2, 0) is 21.9 Å². The van der Waals surface area contributed by atoms with Crippen LogP contribution in [0.3, 0.4) is 0 Å². The Morgan fingerprint density at radius 3 is 2.74 bits per heavy atom. The molecule has 1 aliphatic carbocycles. The molecule has 19 heavy (non-hydrogen) atoms. The van der Waals surface area contributed by atoms with E-state index < -0.39 is 22.0 Å². The van der Waals surface area contributed by atoms with Crippen LogP contribution in [0.25, 0.3) is 0 Å². The molecule has 0 aromatic carbocycles. The smallest absolute Gasteiger partial charge is 0.304 e. The maximum atomic E-state index is 12.1. The molecule has 1 aromatic heterocycles. The molecule has 1 saturated carbocycles. The monoisotopic (exact) mass is 307 g/mol. The molecule has 1 heterocycles. The van der Waals surface area contributed by atoms with Crippen molar-refractivity contribution in [1.82, 2.24) is 14.5 Å². The summed E-state index contributed by atoms with van der Waals surface area (Å²) in [4.78, 5) is 10.6. The van der Waals surface area contributed by atoms with Gasteiger partial charge in [-0.1, -0.05) is 11.6 Å². The highest BCUT2D eigenvalue weighted by molar-refractivity contribution is 7.89. The molecule has 0 unspecified atom stereocenters. The first kappa shape index (κ1) is 14.3. The molecule has 9 heteroatoms. The number of hydrogen-bond donors (Lipinski definition) is 2. The zero-order valence-electron chi connectivity index (χ0n) is 10.2. The maximum absolute atomic E-state index is 12.1. The molecule has 0 amide bonds. The number of sulfonamides is 1. The third-order valence-corrected chi connectivity index (χ3v) is 5.07. The molecule has 0 radical (unpaired) electrons. The molecule has 106 valence electrons. The van der Waals surface area contributed by atoms with Crippen LogP contribution >= 0.6 is 11.6 Å². The number of nitrogens with zero attached hydrogens (tertiary/aromatic N) is 2. The number of carboxylic acids is 1. The summed E-state index contributed by atoms with van der Waals surface area (Å²) in [6.07, 6.45) is 2.58. The third-order valence-electron chi connectivity index (χ3n) is 3.02. The molecule has 1 aromatic rings. The number of rotatable bonds is 6. The summed E-state index contributed by atoms with van der Waals surface area (Å²) in [6, 6.07) is -0.598. The lowest BCUT2D eigenvalue weighted by Gasteiger charge is -2.15. The Hall–Kier alpha value is -1.12. The summed E-state index contributed by atoms with van der Waals surface area (Å²) in [5, 5.41) is 12.6. The molecule has 1 aliphatic rings. The topological polar surface area (TPSA) is 101 Å². The van der Waals surface area contributed by atoms with Crippen LogP contribution in [0.2, 0.25) is 5.15 Å². The Balaban J connectivity index is 2.19. The average molecular weight is 308 g/mol. The van der Waals surface area contributed by atoms with Crippen LogP contribution < -0.4 is 4.72 Å². The number of carboxylic acid groups (broad SMARTS) is 1. The largest absolute Gasteiger partial charge is 0.481 e. The van der Waals surface area contributed by atoms with Crippen molar-refractivity contribution in [3.8, 4) is 0 Å². The van der Waals surface area contributed by atoms with Crippen molar-refractivity contribution >= 4 is 27.6 Å². The average Bonchev–Trinajstić information content (AvgIpc) is 3.05. The summed E-state index contributed by atoms with van der Waals surface area (Å²) >= 11 is 5.84. The van der Waals surface area contributed by atoms with Gasteiger partial charge in [-0.15, -0.1) is 0 Å². The maximum Gasteiger partial charge on any atom is 0.304 e. The highest BCUT2D eigenvalue weighted by Crippen LogP contribution is 2.35. The Bertz CT molecular complexity index is 594. The second kappa shape index (κ2) is 5.10. The predicted octanol–water partition coefficient (Wildman–Crippen LogP) is 0.605. The first-order chi connectivity index (χ1) is 8.81. The number of aromatic nitrogens is 2. The normalized spacial score (nSPS) is 17.4. The molecule has 1 fully saturated rings. The van der Waals surface area contributed by atoms with Crippen LogP contribution in [0, 0.1) is 5.92 Å². The molecule has 2 N–H and O–H groups in total. The van der Waals surface area contributed by atoms with E-state index in [1.165, 1.54) is 11.7 Å². The van der Waals surface area contributed by atoms with E-state index in [4.69, 9.17) is 16.7 Å². The summed E-state index contributed by atoms with van der Waals surface area (Å²) in [7, 11) is -2.32. The Kier molecular flexibility index (Phi) is 3.84. The number of aryl methyl sites for hydroxylation is 1. The Labute approximate surface area is 115 Å². The minimum atomic E-state index is -3.85. The summed E-state index contributed by atoms with van der Waals surface area (Å²) < 4.78 is 27.9. The van der Waals surface area contributed by atoms with E-state index in [9.17, 15) is 13.2 Å². The van der Waals surface area contributed by atoms with Crippen LogP contribution in [-0.4, -0.2) is 35.3 Å². The van der Waals surface area contributed by atoms with E-state index in [1.807, 2.05) is 0 Å². The van der Waals surface area contributed by atoms with Crippen molar-refractivity contribution in [3.05, 3.63) is 11.3 Å². The van der Waals surface area contributed by atoms with Gasteiger partial charge < -0.3 is 5.11 Å². The van der Waals surface area contributed by atoms with Gasteiger partial charge in [0, 0.05) is 13.1 Å². The van der Waals surface area contributed by atoms with Gasteiger partial charge in [-0.3, -0.25) is 9.48 Å². The van der Waals surface area contributed by atoms with Gasteiger partial charge in [-0.05, 0) is 18.8 Å². The van der Waals surface area contributed by atoms with Gasteiger partial charge >= 0.3 is 5.97 Å². The summed E-state index contributed by atoms with van der Waals surface area (Å²) in [5.41, 5.74) is 0. The fourth-order valence-corrected chi connectivity index (χ4v) is 3.58. The molecule has 0 bridgehead atoms. The predicted molar refractivity (Wildman–Crippen MR) is 67.3 cm³/mol. The summed E-state index contributed by atoms with van der Waals surface area (Å²) in [6.45, 7) is 0. The molecule has 7 nitrogen and oxygen atoms in total. The minimum absolute atomic E-state index is 0.00243. The molecule has 1 atom stereocenters. The van der Waals surface area contributed by atoms with Gasteiger partial charge in [0.05, 0.1) is 12.6 Å². The summed E-state index contributed by atoms with van der Waals surface area (Å²) in [5.74, 6) is -0.946. The van der Waals surface area contributed by atoms with E-state index in [-0.39, 0.29) is 22.4 Å². The van der Waals surface area contributed by atoms with Gasteiger partial charge in [0.2, 0.25) is 10.0 Å². The molecule has 0 saturated heterocycles. The molecular weight excluding hydrogens is 294 g/mol. The van der Waals surface area contributed by atoms with Gasteiger partial charge in [-0.25, -0.2) is 13.1 Å². The van der Waals surface area contributed by atoms with Crippen molar-refractivity contribution in [1.29, 1.82) is 0 Å². The second-order valence-corrected chi connectivity index (χ2v) is 6.63. The van der Waals surface area contributed by atoms with Gasteiger partial charge in [0.15, 0.2) is 0 Å². The van der Waals surface area contributed by atoms with E-state index >= 15 is 0 Å². The quantitative estimate of drug-likeness (QED) is 0.801. The highest BCUT2D eigenvalue weighted by atomic mass is 35.5. The van der Waals surface area contributed by atoms with Crippen LogP contribution in [0.5, 0.6) is 0 Å². The SMILES string of the molecule is Cn1ncc(S(=O)(=O)N[C@@H](CC(=O)O)C2CC2)c1Cl. The van der Waals surface area contributed by atoms with E-state index in [2.05, 4.69) is 9.82 Å².